The molecule has 1 aromatic rings. The predicted molar refractivity (Wildman–Crippen MR) is 85.5 cm³/mol. The summed E-state index contributed by atoms with van der Waals surface area (Å²) in [5.41, 5.74) is 2.36. The van der Waals surface area contributed by atoms with Gasteiger partial charge in [-0.3, -0.25) is 0 Å². The Morgan fingerprint density at radius 2 is 2.15 bits per heavy atom. The van der Waals surface area contributed by atoms with E-state index in [4.69, 9.17) is 16.7 Å². The molecule has 0 bridgehead atoms. The van der Waals surface area contributed by atoms with E-state index in [1.54, 1.807) is 0 Å². The Bertz CT molecular complexity index is 432. The molecule has 1 aromatic carbocycles. The number of anilines is 1. The first kappa shape index (κ1) is 15.6. The molecule has 2 N–H and O–H groups in total. The van der Waals surface area contributed by atoms with Crippen LogP contribution < -0.4 is 10.2 Å². The topological polar surface area (TPSA) is 35.5 Å². The molecule has 0 atom stereocenters. The number of hydrogen-bond donors (Lipinski definition) is 2. The molecule has 0 spiro atoms. The molecule has 0 aliphatic heterocycles. The van der Waals surface area contributed by atoms with Gasteiger partial charge in [-0.15, -0.1) is 0 Å². The van der Waals surface area contributed by atoms with Gasteiger partial charge in [0.25, 0.3) is 0 Å². The van der Waals surface area contributed by atoms with Gasteiger partial charge in [-0.05, 0) is 44.7 Å². The van der Waals surface area contributed by atoms with Gasteiger partial charge in [0, 0.05) is 31.8 Å². The highest BCUT2D eigenvalue weighted by Crippen LogP contribution is 2.32. The number of rotatable bonds is 8. The zero-order valence-electron chi connectivity index (χ0n) is 12.4. The second-order valence-corrected chi connectivity index (χ2v) is 6.17. The van der Waals surface area contributed by atoms with Crippen LogP contribution in [0.2, 0.25) is 5.02 Å². The maximum absolute atomic E-state index is 9.09. The number of aliphatic hydroxyl groups excluding tert-OH is 1. The third-order valence-corrected chi connectivity index (χ3v) is 4.00. The minimum absolute atomic E-state index is 0.212. The number of halogens is 1. The van der Waals surface area contributed by atoms with Gasteiger partial charge in [0.05, 0.1) is 10.7 Å². The summed E-state index contributed by atoms with van der Waals surface area (Å²) in [6.07, 6.45) is 3.33. The molecule has 20 heavy (non-hydrogen) atoms. The third kappa shape index (κ3) is 4.11. The number of benzene rings is 1. The van der Waals surface area contributed by atoms with Crippen molar-refractivity contribution >= 4 is 17.3 Å². The van der Waals surface area contributed by atoms with E-state index in [9.17, 15) is 0 Å². The summed E-state index contributed by atoms with van der Waals surface area (Å²) < 4.78 is 0. The maximum Gasteiger partial charge on any atom is 0.0643 e. The largest absolute Gasteiger partial charge is 0.396 e. The van der Waals surface area contributed by atoms with Crippen LogP contribution in [0.3, 0.4) is 0 Å². The average molecular weight is 297 g/mol. The molecule has 112 valence electrons. The van der Waals surface area contributed by atoms with Crippen LogP contribution in [-0.4, -0.2) is 30.3 Å². The van der Waals surface area contributed by atoms with Crippen molar-refractivity contribution in [1.29, 1.82) is 0 Å². The number of nitrogens with zero attached hydrogens (tertiary/aromatic N) is 1. The Kier molecular flexibility index (Phi) is 5.70. The van der Waals surface area contributed by atoms with Gasteiger partial charge >= 0.3 is 0 Å². The van der Waals surface area contributed by atoms with Gasteiger partial charge in [0.1, 0.15) is 0 Å². The Labute approximate surface area is 126 Å². The van der Waals surface area contributed by atoms with Crippen LogP contribution in [-0.2, 0) is 6.54 Å². The summed E-state index contributed by atoms with van der Waals surface area (Å²) in [6.45, 7) is 6.23. The third-order valence-electron chi connectivity index (χ3n) is 3.70. The van der Waals surface area contributed by atoms with Gasteiger partial charge in [-0.1, -0.05) is 23.7 Å². The van der Waals surface area contributed by atoms with E-state index in [2.05, 4.69) is 30.1 Å². The first-order valence-corrected chi connectivity index (χ1v) is 7.89. The zero-order chi connectivity index (χ0) is 14.5. The van der Waals surface area contributed by atoms with Gasteiger partial charge in [0.2, 0.25) is 0 Å². The van der Waals surface area contributed by atoms with E-state index in [1.807, 2.05) is 12.1 Å². The highest BCUT2D eigenvalue weighted by molar-refractivity contribution is 6.33. The number of hydrogen-bond acceptors (Lipinski definition) is 3. The Balaban J connectivity index is 2.20. The molecule has 0 aromatic heterocycles. The highest BCUT2D eigenvalue weighted by atomic mass is 35.5. The summed E-state index contributed by atoms with van der Waals surface area (Å²) >= 11 is 6.45. The molecular weight excluding hydrogens is 272 g/mol. The van der Waals surface area contributed by atoms with E-state index in [0.29, 0.717) is 12.1 Å². The van der Waals surface area contributed by atoms with E-state index in [-0.39, 0.29) is 6.61 Å². The summed E-state index contributed by atoms with van der Waals surface area (Å²) in [5.74, 6) is 0. The van der Waals surface area contributed by atoms with Crippen molar-refractivity contribution in [1.82, 2.24) is 5.32 Å². The maximum atomic E-state index is 9.09. The van der Waals surface area contributed by atoms with Crippen LogP contribution in [0.1, 0.15) is 38.7 Å². The summed E-state index contributed by atoms with van der Waals surface area (Å²) in [7, 11) is 0. The lowest BCUT2D eigenvalue weighted by molar-refractivity contribution is 0.288. The van der Waals surface area contributed by atoms with E-state index >= 15 is 0 Å². The van der Waals surface area contributed by atoms with E-state index < -0.39 is 0 Å². The van der Waals surface area contributed by atoms with Crippen LogP contribution in [0.15, 0.2) is 18.2 Å². The number of nitrogens with one attached hydrogen (secondary N) is 1. The molecule has 0 unspecified atom stereocenters. The van der Waals surface area contributed by atoms with E-state index in [1.165, 1.54) is 18.4 Å². The molecule has 1 fully saturated rings. The van der Waals surface area contributed by atoms with Gasteiger partial charge in [-0.2, -0.15) is 0 Å². The molecule has 0 saturated heterocycles. The summed E-state index contributed by atoms with van der Waals surface area (Å²) in [5, 5.41) is 13.4. The SMILES string of the molecule is CC(C)N(CCCO)c1c(Cl)cccc1CNC1CC1. The first-order chi connectivity index (χ1) is 9.63. The molecule has 0 radical (unpaired) electrons. The Morgan fingerprint density at radius 1 is 1.40 bits per heavy atom. The molecule has 4 heteroatoms. The van der Waals surface area contributed by atoms with E-state index in [0.717, 1.165) is 30.2 Å². The number of para-hydroxylation sites is 1. The molecule has 0 amide bonds. The van der Waals surface area contributed by atoms with Crippen LogP contribution in [0.4, 0.5) is 5.69 Å². The quantitative estimate of drug-likeness (QED) is 0.773. The summed E-state index contributed by atoms with van der Waals surface area (Å²) in [4.78, 5) is 2.29. The lowest BCUT2D eigenvalue weighted by Crippen LogP contribution is -2.34. The standard InChI is InChI=1S/C16H25ClN2O/c1-12(2)19(9-4-10-20)16-13(5-3-6-15(16)17)11-18-14-7-8-14/h3,5-6,12,14,18,20H,4,7-11H2,1-2H3. The fourth-order valence-corrected chi connectivity index (χ4v) is 2.74. The second-order valence-electron chi connectivity index (χ2n) is 5.77. The molecular formula is C16H25ClN2O. The fraction of sp³-hybridized carbons (Fsp3) is 0.625. The highest BCUT2D eigenvalue weighted by Gasteiger charge is 2.22. The lowest BCUT2D eigenvalue weighted by Gasteiger charge is -2.32. The van der Waals surface area contributed by atoms with Crippen LogP contribution >= 0.6 is 11.6 Å². The zero-order valence-corrected chi connectivity index (χ0v) is 13.2. The Morgan fingerprint density at radius 3 is 2.75 bits per heavy atom. The molecule has 1 aliphatic rings. The van der Waals surface area contributed by atoms with Crippen molar-refractivity contribution in [3.8, 4) is 0 Å². The number of aliphatic hydroxyl groups is 1. The first-order valence-electron chi connectivity index (χ1n) is 7.51. The van der Waals surface area contributed by atoms with Gasteiger partial charge in [0.15, 0.2) is 0 Å². The molecule has 1 aliphatic carbocycles. The molecule has 0 heterocycles. The molecule has 2 rings (SSSR count). The normalized spacial score (nSPS) is 14.8. The minimum atomic E-state index is 0.212. The van der Waals surface area contributed by atoms with Crippen LogP contribution in [0.25, 0.3) is 0 Å². The second kappa shape index (κ2) is 7.30. The average Bonchev–Trinajstić information content (AvgIpc) is 3.22. The van der Waals surface area contributed by atoms with Crippen molar-refractivity contribution in [2.75, 3.05) is 18.1 Å². The monoisotopic (exact) mass is 296 g/mol. The lowest BCUT2D eigenvalue weighted by atomic mass is 10.1. The fourth-order valence-electron chi connectivity index (χ4n) is 2.44. The minimum Gasteiger partial charge on any atom is -0.396 e. The van der Waals surface area contributed by atoms with Crippen molar-refractivity contribution in [3.05, 3.63) is 28.8 Å². The summed E-state index contributed by atoms with van der Waals surface area (Å²) in [6, 6.07) is 7.16. The van der Waals surface area contributed by atoms with Gasteiger partial charge < -0.3 is 15.3 Å². The van der Waals surface area contributed by atoms with Crippen molar-refractivity contribution in [2.24, 2.45) is 0 Å². The van der Waals surface area contributed by atoms with Crippen LogP contribution in [0, 0.1) is 0 Å². The smallest absolute Gasteiger partial charge is 0.0643 e. The predicted octanol–water partition coefficient (Wildman–Crippen LogP) is 3.19. The van der Waals surface area contributed by atoms with Crippen molar-refractivity contribution in [3.63, 3.8) is 0 Å². The van der Waals surface area contributed by atoms with Crippen molar-refractivity contribution < 1.29 is 5.11 Å². The van der Waals surface area contributed by atoms with Gasteiger partial charge in [-0.25, -0.2) is 0 Å². The molecule has 1 saturated carbocycles. The van der Waals surface area contributed by atoms with Crippen LogP contribution in [0.5, 0.6) is 0 Å². The van der Waals surface area contributed by atoms with Crippen molar-refractivity contribution in [2.45, 2.75) is 51.7 Å². The Hall–Kier alpha value is -0.770. The molecule has 3 nitrogen and oxygen atoms in total.